The lowest BCUT2D eigenvalue weighted by atomic mass is 10.1. The summed E-state index contributed by atoms with van der Waals surface area (Å²) < 4.78 is 6.73. The largest absolute Gasteiger partial charge is 0.481 e. The van der Waals surface area contributed by atoms with Gasteiger partial charge in [0.15, 0.2) is 5.58 Å². The van der Waals surface area contributed by atoms with Gasteiger partial charge in [-0.25, -0.2) is 4.98 Å². The predicted octanol–water partition coefficient (Wildman–Crippen LogP) is 5.72. The molecule has 0 aliphatic heterocycles. The normalized spacial score (nSPS) is 10.9. The Morgan fingerprint density at radius 2 is 1.74 bits per heavy atom. The van der Waals surface area contributed by atoms with Crippen LogP contribution in [0, 0.1) is 0 Å². The Labute approximate surface area is 191 Å². The lowest BCUT2D eigenvalue weighted by Gasteiger charge is -2.07. The third-order valence-electron chi connectivity index (χ3n) is 4.57. The van der Waals surface area contributed by atoms with Gasteiger partial charge in [0.2, 0.25) is 11.8 Å². The molecule has 0 saturated carbocycles. The number of nitrogens with one attached hydrogen (secondary N) is 1. The van der Waals surface area contributed by atoms with Crippen LogP contribution in [0.5, 0.6) is 0 Å². The first kappa shape index (κ1) is 21.1. The molecule has 0 unspecified atom stereocenters. The highest BCUT2D eigenvalue weighted by Crippen LogP contribution is 2.32. The van der Waals surface area contributed by atoms with Crippen molar-refractivity contribution in [1.82, 2.24) is 4.98 Å². The fourth-order valence-corrected chi connectivity index (χ4v) is 3.66. The van der Waals surface area contributed by atoms with E-state index in [-0.39, 0.29) is 18.7 Å². The average Bonchev–Trinajstić information content (AvgIpc) is 3.12. The SMILES string of the molecule is O=C(O)Cc1ccc2oc(-c3ccc(NC(=O)Cc4ccc(Br)cc4)cc3Cl)nc2c1. The fraction of sp³-hybridized carbons (Fsp3) is 0.0870. The quantitative estimate of drug-likeness (QED) is 0.354. The molecule has 1 aromatic heterocycles. The molecule has 8 heteroatoms. The van der Waals surface area contributed by atoms with E-state index in [1.807, 2.05) is 24.3 Å². The third-order valence-corrected chi connectivity index (χ3v) is 5.41. The summed E-state index contributed by atoms with van der Waals surface area (Å²) in [7, 11) is 0. The molecule has 156 valence electrons. The second-order valence-corrected chi connectivity index (χ2v) is 8.26. The highest BCUT2D eigenvalue weighted by Gasteiger charge is 2.14. The summed E-state index contributed by atoms with van der Waals surface area (Å²) in [4.78, 5) is 27.7. The number of aliphatic carboxylic acids is 1. The number of aromatic nitrogens is 1. The number of amides is 1. The van der Waals surface area contributed by atoms with Gasteiger partial charge in [-0.3, -0.25) is 9.59 Å². The minimum atomic E-state index is -0.913. The third kappa shape index (κ3) is 5.13. The molecule has 0 aliphatic rings. The van der Waals surface area contributed by atoms with E-state index in [0.717, 1.165) is 10.0 Å². The summed E-state index contributed by atoms with van der Waals surface area (Å²) in [6.07, 6.45) is 0.157. The van der Waals surface area contributed by atoms with Crippen molar-refractivity contribution in [1.29, 1.82) is 0 Å². The number of hydrogen-bond acceptors (Lipinski definition) is 4. The first-order chi connectivity index (χ1) is 14.9. The molecular formula is C23H16BrClN2O4. The van der Waals surface area contributed by atoms with Crippen LogP contribution < -0.4 is 5.32 Å². The second-order valence-electron chi connectivity index (χ2n) is 6.94. The zero-order valence-corrected chi connectivity index (χ0v) is 18.4. The van der Waals surface area contributed by atoms with Crippen LogP contribution in [-0.2, 0) is 22.4 Å². The van der Waals surface area contributed by atoms with Crippen molar-refractivity contribution in [2.75, 3.05) is 5.32 Å². The molecule has 0 radical (unpaired) electrons. The number of carbonyl (C=O) groups is 2. The van der Waals surface area contributed by atoms with Gasteiger partial charge < -0.3 is 14.8 Å². The van der Waals surface area contributed by atoms with Crippen molar-refractivity contribution < 1.29 is 19.1 Å². The van der Waals surface area contributed by atoms with Gasteiger partial charge in [0.1, 0.15) is 5.52 Å². The van der Waals surface area contributed by atoms with Crippen molar-refractivity contribution in [2.24, 2.45) is 0 Å². The Morgan fingerprint density at radius 3 is 2.45 bits per heavy atom. The Balaban J connectivity index is 1.51. The summed E-state index contributed by atoms with van der Waals surface area (Å²) in [6, 6.07) is 17.7. The molecule has 6 nitrogen and oxygen atoms in total. The van der Waals surface area contributed by atoms with E-state index < -0.39 is 5.97 Å². The van der Waals surface area contributed by atoms with Crippen molar-refractivity contribution in [3.8, 4) is 11.5 Å². The van der Waals surface area contributed by atoms with Crippen LogP contribution >= 0.6 is 27.5 Å². The zero-order chi connectivity index (χ0) is 22.0. The van der Waals surface area contributed by atoms with E-state index in [4.69, 9.17) is 21.1 Å². The monoisotopic (exact) mass is 498 g/mol. The predicted molar refractivity (Wildman–Crippen MR) is 122 cm³/mol. The maximum atomic E-state index is 12.3. The fourth-order valence-electron chi connectivity index (χ4n) is 3.13. The van der Waals surface area contributed by atoms with Gasteiger partial charge in [-0.2, -0.15) is 0 Å². The van der Waals surface area contributed by atoms with E-state index in [1.54, 1.807) is 36.4 Å². The minimum Gasteiger partial charge on any atom is -0.481 e. The van der Waals surface area contributed by atoms with Crippen LogP contribution in [0.25, 0.3) is 22.6 Å². The van der Waals surface area contributed by atoms with Crippen molar-refractivity contribution in [2.45, 2.75) is 12.8 Å². The van der Waals surface area contributed by atoms with Gasteiger partial charge >= 0.3 is 5.97 Å². The van der Waals surface area contributed by atoms with E-state index in [2.05, 4.69) is 26.2 Å². The highest BCUT2D eigenvalue weighted by atomic mass is 79.9. The number of carbonyl (C=O) groups excluding carboxylic acids is 1. The molecule has 4 aromatic rings. The standard InChI is InChI=1S/C23H16BrClN2O4/c24-15-4-1-13(2-5-15)10-21(28)26-16-6-7-17(18(25)12-16)23-27-19-9-14(11-22(29)30)3-8-20(19)31-23/h1-9,12H,10-11H2,(H,26,28)(H,29,30). The Hall–Kier alpha value is -3.16. The van der Waals surface area contributed by atoms with Crippen LogP contribution in [0.3, 0.4) is 0 Å². The molecule has 31 heavy (non-hydrogen) atoms. The van der Waals surface area contributed by atoms with E-state index in [1.165, 1.54) is 0 Å². The number of anilines is 1. The van der Waals surface area contributed by atoms with Gasteiger partial charge in [-0.1, -0.05) is 45.7 Å². The van der Waals surface area contributed by atoms with E-state index in [9.17, 15) is 9.59 Å². The molecule has 1 heterocycles. The lowest BCUT2D eigenvalue weighted by Crippen LogP contribution is -2.14. The number of carboxylic acids is 1. The molecule has 2 N–H and O–H groups in total. The van der Waals surface area contributed by atoms with Gasteiger partial charge in [-0.15, -0.1) is 0 Å². The van der Waals surface area contributed by atoms with Gasteiger partial charge in [-0.05, 0) is 53.6 Å². The van der Waals surface area contributed by atoms with Crippen LogP contribution in [0.1, 0.15) is 11.1 Å². The maximum absolute atomic E-state index is 12.3. The van der Waals surface area contributed by atoms with Crippen LogP contribution in [-0.4, -0.2) is 22.0 Å². The molecular weight excluding hydrogens is 484 g/mol. The number of oxazole rings is 1. The molecule has 0 bridgehead atoms. The first-order valence-corrected chi connectivity index (χ1v) is 10.5. The summed E-state index contributed by atoms with van der Waals surface area (Å²) in [5, 5.41) is 12.2. The lowest BCUT2D eigenvalue weighted by molar-refractivity contribution is -0.136. The Morgan fingerprint density at radius 1 is 1.00 bits per heavy atom. The maximum Gasteiger partial charge on any atom is 0.307 e. The van der Waals surface area contributed by atoms with Crippen molar-refractivity contribution in [3.05, 3.63) is 81.3 Å². The van der Waals surface area contributed by atoms with E-state index >= 15 is 0 Å². The number of carboxylic acid groups (broad SMARTS) is 1. The minimum absolute atomic E-state index is 0.0897. The molecule has 0 saturated heterocycles. The summed E-state index contributed by atoms with van der Waals surface area (Å²) in [5.41, 5.74) is 3.76. The van der Waals surface area contributed by atoms with Crippen molar-refractivity contribution >= 4 is 56.2 Å². The van der Waals surface area contributed by atoms with Crippen LogP contribution in [0.4, 0.5) is 5.69 Å². The molecule has 3 aromatic carbocycles. The number of halogens is 2. The van der Waals surface area contributed by atoms with E-state index in [0.29, 0.717) is 38.8 Å². The number of rotatable bonds is 6. The van der Waals surface area contributed by atoms with Gasteiger partial charge in [0.25, 0.3) is 0 Å². The molecule has 0 spiro atoms. The highest BCUT2D eigenvalue weighted by molar-refractivity contribution is 9.10. The molecule has 1 amide bonds. The van der Waals surface area contributed by atoms with Crippen LogP contribution in [0.2, 0.25) is 5.02 Å². The molecule has 4 rings (SSSR count). The van der Waals surface area contributed by atoms with Gasteiger partial charge in [0.05, 0.1) is 23.4 Å². The zero-order valence-electron chi connectivity index (χ0n) is 16.1. The number of fused-ring (bicyclic) bond motifs is 1. The number of benzene rings is 3. The number of nitrogens with zero attached hydrogens (tertiary/aromatic N) is 1. The molecule has 0 fully saturated rings. The smallest absolute Gasteiger partial charge is 0.307 e. The Kier molecular flexibility index (Phi) is 6.06. The van der Waals surface area contributed by atoms with Gasteiger partial charge in [0, 0.05) is 10.2 Å². The summed E-state index contributed by atoms with van der Waals surface area (Å²) in [6.45, 7) is 0. The first-order valence-electron chi connectivity index (χ1n) is 9.33. The molecule has 0 aliphatic carbocycles. The second kappa shape index (κ2) is 8.91. The summed E-state index contributed by atoms with van der Waals surface area (Å²) in [5.74, 6) is -0.747. The topological polar surface area (TPSA) is 92.4 Å². The van der Waals surface area contributed by atoms with Crippen LogP contribution in [0.15, 0.2) is 69.6 Å². The Bertz CT molecular complexity index is 1280. The molecule has 0 atom stereocenters. The summed E-state index contributed by atoms with van der Waals surface area (Å²) >= 11 is 9.79. The average molecular weight is 500 g/mol. The van der Waals surface area contributed by atoms with Crippen molar-refractivity contribution in [3.63, 3.8) is 0 Å². The number of hydrogen-bond donors (Lipinski definition) is 2.